The largest absolute Gasteiger partial charge is 0.497 e. The fraction of sp³-hybridized carbons (Fsp3) is 0.308. The highest BCUT2D eigenvalue weighted by molar-refractivity contribution is 5.41. The van der Waals surface area contributed by atoms with E-state index in [9.17, 15) is 0 Å². The molecule has 1 unspecified atom stereocenters. The highest BCUT2D eigenvalue weighted by Gasteiger charge is 2.12. The molecule has 1 rings (SSSR count). The predicted molar refractivity (Wildman–Crippen MR) is 64.7 cm³/mol. The van der Waals surface area contributed by atoms with Gasteiger partial charge in [-0.1, -0.05) is 5.92 Å². The molecule has 0 aliphatic heterocycles. The zero-order chi connectivity index (χ0) is 12.7. The number of nitriles is 1. The van der Waals surface area contributed by atoms with Crippen LogP contribution in [-0.2, 0) is 0 Å². The Balaban J connectivity index is 3.02. The van der Waals surface area contributed by atoms with Gasteiger partial charge >= 0.3 is 0 Å². The van der Waals surface area contributed by atoms with Crippen molar-refractivity contribution in [2.45, 2.75) is 6.04 Å². The van der Waals surface area contributed by atoms with Crippen LogP contribution < -0.4 is 14.8 Å². The third-order valence-corrected chi connectivity index (χ3v) is 2.24. The fourth-order valence-corrected chi connectivity index (χ4v) is 1.40. The number of ether oxygens (including phenoxy) is 2. The maximum atomic E-state index is 9.07. The first-order chi connectivity index (χ1) is 8.24. The molecule has 1 N–H and O–H groups in total. The molecule has 0 aliphatic rings. The third-order valence-electron chi connectivity index (χ3n) is 2.24. The molecular formula is C13H14N2O2. The molecule has 0 fully saturated rings. The van der Waals surface area contributed by atoms with Crippen LogP contribution in [0.5, 0.6) is 11.5 Å². The average Bonchev–Trinajstić information content (AvgIpc) is 2.39. The summed E-state index contributed by atoms with van der Waals surface area (Å²) in [6, 6.07) is 6.97. The van der Waals surface area contributed by atoms with Gasteiger partial charge in [-0.2, -0.15) is 5.26 Å². The van der Waals surface area contributed by atoms with Crippen molar-refractivity contribution >= 4 is 0 Å². The van der Waals surface area contributed by atoms with Crippen LogP contribution in [-0.4, -0.2) is 20.8 Å². The molecule has 0 amide bonds. The zero-order valence-corrected chi connectivity index (χ0v) is 9.86. The van der Waals surface area contributed by atoms with Gasteiger partial charge in [0.1, 0.15) is 17.5 Å². The summed E-state index contributed by atoms with van der Waals surface area (Å²) in [7, 11) is 3.13. The zero-order valence-electron chi connectivity index (χ0n) is 9.86. The Hall–Kier alpha value is -2.17. The molecule has 1 aromatic carbocycles. The minimum Gasteiger partial charge on any atom is -0.497 e. The molecule has 0 aromatic heterocycles. The highest BCUT2D eigenvalue weighted by Crippen LogP contribution is 2.26. The summed E-state index contributed by atoms with van der Waals surface area (Å²) >= 11 is 0. The molecule has 0 bridgehead atoms. The topological polar surface area (TPSA) is 54.3 Å². The smallest absolute Gasteiger partial charge is 0.122 e. The molecule has 0 saturated carbocycles. The van der Waals surface area contributed by atoms with Crippen LogP contribution in [0.3, 0.4) is 0 Å². The van der Waals surface area contributed by atoms with Crippen molar-refractivity contribution in [3.63, 3.8) is 0 Å². The van der Waals surface area contributed by atoms with E-state index in [-0.39, 0.29) is 0 Å². The van der Waals surface area contributed by atoms with E-state index in [0.717, 1.165) is 5.56 Å². The Labute approximate surface area is 101 Å². The summed E-state index contributed by atoms with van der Waals surface area (Å²) in [5.74, 6) is 3.72. The SMILES string of the molecule is C#CCNC(C#N)c1cc(OC)cc(OC)c1. The number of hydrogen-bond acceptors (Lipinski definition) is 4. The van der Waals surface area contributed by atoms with Crippen LogP contribution in [0.15, 0.2) is 18.2 Å². The highest BCUT2D eigenvalue weighted by atomic mass is 16.5. The average molecular weight is 230 g/mol. The molecule has 4 nitrogen and oxygen atoms in total. The lowest BCUT2D eigenvalue weighted by Gasteiger charge is -2.13. The lowest BCUT2D eigenvalue weighted by molar-refractivity contribution is 0.392. The first-order valence-corrected chi connectivity index (χ1v) is 5.04. The van der Waals surface area contributed by atoms with Gasteiger partial charge in [-0.05, 0) is 17.7 Å². The van der Waals surface area contributed by atoms with Gasteiger partial charge < -0.3 is 9.47 Å². The van der Waals surface area contributed by atoms with Crippen LogP contribution in [0.25, 0.3) is 0 Å². The molecule has 1 atom stereocenters. The summed E-state index contributed by atoms with van der Waals surface area (Å²) in [6.07, 6.45) is 5.15. The maximum Gasteiger partial charge on any atom is 0.122 e. The number of rotatable bonds is 5. The second-order valence-electron chi connectivity index (χ2n) is 3.29. The minimum atomic E-state index is -0.477. The Morgan fingerprint density at radius 3 is 2.29 bits per heavy atom. The molecule has 0 spiro atoms. The van der Waals surface area contributed by atoms with E-state index >= 15 is 0 Å². The molecule has 0 radical (unpaired) electrons. The van der Waals surface area contributed by atoms with Gasteiger partial charge in [0, 0.05) is 6.07 Å². The van der Waals surface area contributed by atoms with Crippen molar-refractivity contribution in [3.05, 3.63) is 23.8 Å². The Kier molecular flexibility index (Phi) is 4.87. The predicted octanol–water partition coefficient (Wildman–Crippen LogP) is 1.49. The number of hydrogen-bond donors (Lipinski definition) is 1. The number of benzene rings is 1. The first kappa shape index (κ1) is 12.9. The first-order valence-electron chi connectivity index (χ1n) is 5.04. The number of methoxy groups -OCH3 is 2. The monoisotopic (exact) mass is 230 g/mol. The van der Waals surface area contributed by atoms with E-state index in [1.165, 1.54) is 0 Å². The number of nitrogens with zero attached hydrogens (tertiary/aromatic N) is 1. The summed E-state index contributed by atoms with van der Waals surface area (Å²) in [4.78, 5) is 0. The molecular weight excluding hydrogens is 216 g/mol. The number of nitrogens with one attached hydrogen (secondary N) is 1. The third kappa shape index (κ3) is 3.41. The quantitative estimate of drug-likeness (QED) is 0.779. The van der Waals surface area contributed by atoms with E-state index in [1.807, 2.05) is 0 Å². The van der Waals surface area contributed by atoms with E-state index in [4.69, 9.17) is 21.2 Å². The van der Waals surface area contributed by atoms with Crippen molar-refractivity contribution in [2.24, 2.45) is 0 Å². The lowest BCUT2D eigenvalue weighted by atomic mass is 10.1. The van der Waals surface area contributed by atoms with Crippen LogP contribution in [0.4, 0.5) is 0 Å². The van der Waals surface area contributed by atoms with Crippen LogP contribution in [0.2, 0.25) is 0 Å². The summed E-state index contributed by atoms with van der Waals surface area (Å²) in [5, 5.41) is 12.0. The summed E-state index contributed by atoms with van der Waals surface area (Å²) in [6.45, 7) is 0.331. The second-order valence-corrected chi connectivity index (χ2v) is 3.29. The molecule has 17 heavy (non-hydrogen) atoms. The number of terminal acetylenes is 1. The molecule has 0 saturated heterocycles. The van der Waals surface area contributed by atoms with E-state index in [1.54, 1.807) is 32.4 Å². The van der Waals surface area contributed by atoms with E-state index in [0.29, 0.717) is 18.0 Å². The van der Waals surface area contributed by atoms with Gasteiger partial charge in [0.15, 0.2) is 0 Å². The van der Waals surface area contributed by atoms with Crippen LogP contribution in [0, 0.1) is 23.7 Å². The van der Waals surface area contributed by atoms with Crippen LogP contribution >= 0.6 is 0 Å². The van der Waals surface area contributed by atoms with Gasteiger partial charge in [-0.3, -0.25) is 5.32 Å². The van der Waals surface area contributed by atoms with Gasteiger partial charge in [-0.15, -0.1) is 6.42 Å². The maximum absolute atomic E-state index is 9.07. The second kappa shape index (κ2) is 6.42. The molecule has 4 heteroatoms. The molecule has 88 valence electrons. The Bertz CT molecular complexity index is 435. The molecule has 1 aromatic rings. The van der Waals surface area contributed by atoms with Crippen molar-refractivity contribution in [3.8, 4) is 29.9 Å². The van der Waals surface area contributed by atoms with Crippen molar-refractivity contribution in [1.82, 2.24) is 5.32 Å². The van der Waals surface area contributed by atoms with Crippen molar-refractivity contribution in [2.75, 3.05) is 20.8 Å². The fourth-order valence-electron chi connectivity index (χ4n) is 1.40. The van der Waals surface area contributed by atoms with Gasteiger partial charge in [0.25, 0.3) is 0 Å². The Morgan fingerprint density at radius 2 is 1.88 bits per heavy atom. The summed E-state index contributed by atoms with van der Waals surface area (Å²) in [5.41, 5.74) is 0.763. The van der Waals surface area contributed by atoms with E-state index in [2.05, 4.69) is 17.3 Å². The molecule has 0 aliphatic carbocycles. The van der Waals surface area contributed by atoms with Crippen molar-refractivity contribution in [1.29, 1.82) is 5.26 Å². The van der Waals surface area contributed by atoms with Gasteiger partial charge in [0.2, 0.25) is 0 Å². The van der Waals surface area contributed by atoms with E-state index < -0.39 is 6.04 Å². The summed E-state index contributed by atoms with van der Waals surface area (Å²) < 4.78 is 10.3. The minimum absolute atomic E-state index is 0.331. The Morgan fingerprint density at radius 1 is 1.29 bits per heavy atom. The van der Waals surface area contributed by atoms with Gasteiger partial charge in [0.05, 0.1) is 26.8 Å². The van der Waals surface area contributed by atoms with Gasteiger partial charge in [-0.25, -0.2) is 0 Å². The lowest BCUT2D eigenvalue weighted by Crippen LogP contribution is -2.20. The van der Waals surface area contributed by atoms with Crippen molar-refractivity contribution < 1.29 is 9.47 Å². The van der Waals surface area contributed by atoms with Crippen LogP contribution in [0.1, 0.15) is 11.6 Å². The molecule has 0 heterocycles. The normalized spacial score (nSPS) is 11.1. The standard InChI is InChI=1S/C13H14N2O2/c1-4-5-15-13(9-14)10-6-11(16-2)8-12(7-10)17-3/h1,6-8,13,15H,5H2,2-3H3.